The van der Waals surface area contributed by atoms with E-state index in [9.17, 15) is 9.59 Å². The molecule has 0 rings (SSSR count). The highest BCUT2D eigenvalue weighted by Gasteiger charge is 2.06. The molecule has 31 heavy (non-hydrogen) atoms. The first kappa shape index (κ1) is 29.3. The van der Waals surface area contributed by atoms with Crippen molar-refractivity contribution in [2.45, 2.75) is 84.5 Å². The zero-order valence-corrected chi connectivity index (χ0v) is 20.0. The molecular weight excluding hydrogens is 390 g/mol. The quantitative estimate of drug-likeness (QED) is 0.188. The summed E-state index contributed by atoms with van der Waals surface area (Å²) in [5, 5.41) is 15.1. The summed E-state index contributed by atoms with van der Waals surface area (Å²) >= 11 is 0. The Kier molecular flexibility index (Phi) is 21.8. The summed E-state index contributed by atoms with van der Waals surface area (Å²) in [6.07, 6.45) is 18.0. The molecule has 6 heteroatoms. The average Bonchev–Trinajstić information content (AvgIpc) is 2.76. The third-order valence-electron chi connectivity index (χ3n) is 4.93. The molecule has 0 fully saturated rings. The first-order valence-electron chi connectivity index (χ1n) is 12.3. The number of rotatable bonds is 21. The van der Waals surface area contributed by atoms with E-state index in [0.29, 0.717) is 25.9 Å². The predicted octanol–water partition coefficient (Wildman–Crippen LogP) is 3.96. The lowest BCUT2D eigenvalue weighted by Gasteiger charge is -2.22. The molecule has 0 unspecified atom stereocenters. The maximum Gasteiger partial charge on any atom is 0.220 e. The van der Waals surface area contributed by atoms with Crippen molar-refractivity contribution in [2.24, 2.45) is 0 Å². The molecular formula is C25H47N3O3. The molecule has 3 N–H and O–H groups in total. The Labute approximate surface area is 190 Å². The second-order valence-corrected chi connectivity index (χ2v) is 7.87. The molecule has 2 amide bonds. The standard InChI is InChI=1S/C25H47N3O3/c1-3-5-7-9-11-16-24(30)26-18-13-20-28(22-15-23-29)21-14-19-27-25(31)17-12-10-8-6-4-2/h5-8,29H,3-4,9-23H2,1-2H3,(H,26,30)(H,27,31)/b7-5+,8-6+. The fourth-order valence-electron chi connectivity index (χ4n) is 3.20. The average molecular weight is 438 g/mol. The van der Waals surface area contributed by atoms with Crippen LogP contribution in [0.15, 0.2) is 24.3 Å². The number of amides is 2. The summed E-state index contributed by atoms with van der Waals surface area (Å²) in [7, 11) is 0. The fourth-order valence-corrected chi connectivity index (χ4v) is 3.20. The first-order valence-corrected chi connectivity index (χ1v) is 12.3. The Morgan fingerprint density at radius 3 is 1.58 bits per heavy atom. The van der Waals surface area contributed by atoms with Crippen molar-refractivity contribution in [3.63, 3.8) is 0 Å². The summed E-state index contributed by atoms with van der Waals surface area (Å²) in [5.74, 6) is 0.249. The Morgan fingerprint density at radius 2 is 1.16 bits per heavy atom. The van der Waals surface area contributed by atoms with Gasteiger partial charge in [0.15, 0.2) is 0 Å². The van der Waals surface area contributed by atoms with E-state index < -0.39 is 0 Å². The monoisotopic (exact) mass is 437 g/mol. The molecule has 0 saturated heterocycles. The van der Waals surface area contributed by atoms with Crippen LogP contribution in [-0.4, -0.2) is 61.2 Å². The molecule has 0 spiro atoms. The van der Waals surface area contributed by atoms with Gasteiger partial charge in [0.25, 0.3) is 0 Å². The van der Waals surface area contributed by atoms with Crippen LogP contribution in [0.25, 0.3) is 0 Å². The molecule has 0 heterocycles. The van der Waals surface area contributed by atoms with Crippen molar-refractivity contribution in [2.75, 3.05) is 39.3 Å². The molecule has 0 aliphatic carbocycles. The van der Waals surface area contributed by atoms with Crippen molar-refractivity contribution in [1.29, 1.82) is 0 Å². The van der Waals surface area contributed by atoms with Gasteiger partial charge in [-0.15, -0.1) is 0 Å². The van der Waals surface area contributed by atoms with E-state index in [1.54, 1.807) is 0 Å². The largest absolute Gasteiger partial charge is 0.396 e. The van der Waals surface area contributed by atoms with Gasteiger partial charge in [0.1, 0.15) is 0 Å². The maximum atomic E-state index is 11.9. The lowest BCUT2D eigenvalue weighted by molar-refractivity contribution is -0.122. The molecule has 0 aliphatic heterocycles. The molecule has 0 atom stereocenters. The summed E-state index contributed by atoms with van der Waals surface area (Å²) in [6, 6.07) is 0. The highest BCUT2D eigenvalue weighted by molar-refractivity contribution is 5.76. The zero-order chi connectivity index (χ0) is 23.0. The minimum absolute atomic E-state index is 0.125. The van der Waals surface area contributed by atoms with Crippen LogP contribution in [0.3, 0.4) is 0 Å². The number of hydrogen-bond acceptors (Lipinski definition) is 4. The minimum atomic E-state index is 0.125. The summed E-state index contributed by atoms with van der Waals surface area (Å²) in [6.45, 7) is 8.38. The molecule has 0 aromatic rings. The summed E-state index contributed by atoms with van der Waals surface area (Å²) in [5.41, 5.74) is 0. The highest BCUT2D eigenvalue weighted by Crippen LogP contribution is 2.00. The highest BCUT2D eigenvalue weighted by atomic mass is 16.3. The number of carbonyl (C=O) groups excluding carboxylic acids is 2. The number of aliphatic hydroxyl groups is 1. The van der Waals surface area contributed by atoms with Crippen LogP contribution >= 0.6 is 0 Å². The van der Waals surface area contributed by atoms with Gasteiger partial charge in [-0.1, -0.05) is 38.2 Å². The Balaban J connectivity index is 3.87. The van der Waals surface area contributed by atoms with E-state index in [2.05, 4.69) is 53.7 Å². The van der Waals surface area contributed by atoms with Gasteiger partial charge in [0, 0.05) is 39.1 Å². The molecule has 0 aliphatic rings. The number of allylic oxidation sites excluding steroid dienone is 4. The number of carbonyl (C=O) groups is 2. The van der Waals surface area contributed by atoms with Crippen LogP contribution in [0.2, 0.25) is 0 Å². The smallest absolute Gasteiger partial charge is 0.220 e. The zero-order valence-electron chi connectivity index (χ0n) is 20.0. The lowest BCUT2D eigenvalue weighted by atomic mass is 10.2. The lowest BCUT2D eigenvalue weighted by Crippen LogP contribution is -2.33. The van der Waals surface area contributed by atoms with E-state index in [0.717, 1.165) is 77.4 Å². The Morgan fingerprint density at radius 1 is 0.710 bits per heavy atom. The van der Waals surface area contributed by atoms with Crippen LogP contribution in [0.4, 0.5) is 0 Å². The van der Waals surface area contributed by atoms with Crippen LogP contribution < -0.4 is 10.6 Å². The third-order valence-corrected chi connectivity index (χ3v) is 4.93. The van der Waals surface area contributed by atoms with Gasteiger partial charge in [0.2, 0.25) is 11.8 Å². The minimum Gasteiger partial charge on any atom is -0.396 e. The molecule has 180 valence electrons. The van der Waals surface area contributed by atoms with Gasteiger partial charge in [-0.25, -0.2) is 0 Å². The van der Waals surface area contributed by atoms with Gasteiger partial charge in [-0.2, -0.15) is 0 Å². The van der Waals surface area contributed by atoms with Gasteiger partial charge >= 0.3 is 0 Å². The Bertz CT molecular complexity index is 452. The summed E-state index contributed by atoms with van der Waals surface area (Å²) < 4.78 is 0. The molecule has 0 aromatic heterocycles. The Hall–Kier alpha value is -1.66. The van der Waals surface area contributed by atoms with Crippen LogP contribution in [0, 0.1) is 0 Å². The molecule has 6 nitrogen and oxygen atoms in total. The van der Waals surface area contributed by atoms with Crippen LogP contribution in [0.5, 0.6) is 0 Å². The number of aliphatic hydroxyl groups excluding tert-OH is 1. The van der Waals surface area contributed by atoms with Crippen LogP contribution in [-0.2, 0) is 9.59 Å². The molecule has 0 saturated carbocycles. The summed E-state index contributed by atoms with van der Waals surface area (Å²) in [4.78, 5) is 26.0. The van der Waals surface area contributed by atoms with Gasteiger partial charge in [0.05, 0.1) is 0 Å². The number of unbranched alkanes of at least 4 members (excludes halogenated alkanes) is 2. The van der Waals surface area contributed by atoms with Crippen molar-refractivity contribution < 1.29 is 14.7 Å². The second kappa shape index (κ2) is 23.0. The second-order valence-electron chi connectivity index (χ2n) is 7.87. The van der Waals surface area contributed by atoms with E-state index in [1.165, 1.54) is 0 Å². The fraction of sp³-hybridized carbons (Fsp3) is 0.760. The van der Waals surface area contributed by atoms with Crippen molar-refractivity contribution in [3.05, 3.63) is 24.3 Å². The number of nitrogens with zero attached hydrogens (tertiary/aromatic N) is 1. The van der Waals surface area contributed by atoms with Gasteiger partial charge in [-0.05, 0) is 70.9 Å². The first-order chi connectivity index (χ1) is 15.1. The maximum absolute atomic E-state index is 11.9. The van der Waals surface area contributed by atoms with E-state index in [4.69, 9.17) is 5.11 Å². The molecule has 0 bridgehead atoms. The number of hydrogen-bond donors (Lipinski definition) is 3. The SMILES string of the molecule is CC/C=C/CCCC(=O)NCCCN(CCCO)CCCNC(=O)CCC/C=C/CC. The van der Waals surface area contributed by atoms with E-state index >= 15 is 0 Å². The van der Waals surface area contributed by atoms with E-state index in [-0.39, 0.29) is 18.4 Å². The normalized spacial score (nSPS) is 11.6. The van der Waals surface area contributed by atoms with E-state index in [1.807, 2.05) is 0 Å². The van der Waals surface area contributed by atoms with Crippen molar-refractivity contribution in [3.8, 4) is 0 Å². The van der Waals surface area contributed by atoms with Gasteiger partial charge in [-0.3, -0.25) is 9.59 Å². The third kappa shape index (κ3) is 21.4. The number of nitrogens with one attached hydrogen (secondary N) is 2. The van der Waals surface area contributed by atoms with Crippen molar-refractivity contribution in [1.82, 2.24) is 15.5 Å². The van der Waals surface area contributed by atoms with Gasteiger partial charge < -0.3 is 20.6 Å². The molecule has 0 aromatic carbocycles. The van der Waals surface area contributed by atoms with Crippen molar-refractivity contribution >= 4 is 11.8 Å². The predicted molar refractivity (Wildman–Crippen MR) is 130 cm³/mol. The topological polar surface area (TPSA) is 81.7 Å². The van der Waals surface area contributed by atoms with Crippen LogP contribution in [0.1, 0.15) is 84.5 Å². The molecule has 0 radical (unpaired) electrons.